The van der Waals surface area contributed by atoms with Crippen molar-refractivity contribution in [2.75, 3.05) is 7.11 Å². The molecule has 31 heavy (non-hydrogen) atoms. The van der Waals surface area contributed by atoms with E-state index in [1.807, 2.05) is 48.5 Å². The normalized spacial score (nSPS) is 10.6. The first kappa shape index (κ1) is 20.3. The summed E-state index contributed by atoms with van der Waals surface area (Å²) in [4.78, 5) is 14.8. The molecule has 0 aliphatic carbocycles. The molecule has 0 N–H and O–H groups in total. The second-order valence-electron chi connectivity index (χ2n) is 7.06. The van der Waals surface area contributed by atoms with Crippen LogP contribution in [0.1, 0.15) is 21.6 Å². The second-order valence-corrected chi connectivity index (χ2v) is 7.06. The van der Waals surface area contributed by atoms with Gasteiger partial charge in [-0.15, -0.1) is 0 Å². The molecule has 0 aliphatic rings. The molecule has 0 fully saturated rings. The van der Waals surface area contributed by atoms with E-state index in [1.165, 1.54) is 12.1 Å². The lowest BCUT2D eigenvalue weighted by atomic mass is 10.1. The van der Waals surface area contributed by atoms with Crippen LogP contribution in [0, 0.1) is 5.82 Å². The number of benzene rings is 3. The summed E-state index contributed by atoms with van der Waals surface area (Å²) in [6.07, 6.45) is 0. The van der Waals surface area contributed by atoms with Crippen LogP contribution in [0.2, 0.25) is 0 Å². The van der Waals surface area contributed by atoms with E-state index in [4.69, 9.17) is 9.26 Å². The molecule has 4 rings (SSSR count). The number of methoxy groups -OCH3 is 1. The maximum absolute atomic E-state index is 13.3. The molecule has 6 heteroatoms. The topological polar surface area (TPSA) is 55.6 Å². The van der Waals surface area contributed by atoms with Crippen molar-refractivity contribution in [1.82, 2.24) is 10.1 Å². The third-order valence-electron chi connectivity index (χ3n) is 4.88. The summed E-state index contributed by atoms with van der Waals surface area (Å²) in [5.74, 6) is 0.901. The van der Waals surface area contributed by atoms with Gasteiger partial charge in [0.05, 0.1) is 13.7 Å². The third-order valence-corrected chi connectivity index (χ3v) is 4.88. The molecule has 4 aromatic rings. The van der Waals surface area contributed by atoms with Crippen molar-refractivity contribution in [1.29, 1.82) is 0 Å². The van der Waals surface area contributed by atoms with E-state index < -0.39 is 0 Å². The lowest BCUT2D eigenvalue weighted by Crippen LogP contribution is -2.30. The van der Waals surface area contributed by atoms with E-state index in [2.05, 4.69) is 5.16 Å². The number of nitrogens with zero attached hydrogens (tertiary/aromatic N) is 2. The van der Waals surface area contributed by atoms with Gasteiger partial charge in [-0.1, -0.05) is 35.5 Å². The second kappa shape index (κ2) is 9.26. The number of hydrogen-bond donors (Lipinski definition) is 0. The zero-order chi connectivity index (χ0) is 21.6. The van der Waals surface area contributed by atoms with Gasteiger partial charge in [0.1, 0.15) is 17.3 Å². The first-order chi connectivity index (χ1) is 15.1. The Hall–Kier alpha value is -3.93. The fourth-order valence-electron chi connectivity index (χ4n) is 3.25. The Morgan fingerprint density at radius 2 is 1.68 bits per heavy atom. The van der Waals surface area contributed by atoms with Crippen LogP contribution in [-0.2, 0) is 13.1 Å². The summed E-state index contributed by atoms with van der Waals surface area (Å²) >= 11 is 0. The van der Waals surface area contributed by atoms with Crippen molar-refractivity contribution in [2.45, 2.75) is 13.1 Å². The van der Waals surface area contributed by atoms with Gasteiger partial charge < -0.3 is 14.2 Å². The van der Waals surface area contributed by atoms with Gasteiger partial charge in [0, 0.05) is 23.7 Å². The summed E-state index contributed by atoms with van der Waals surface area (Å²) in [5.41, 5.74) is 2.88. The maximum atomic E-state index is 13.3. The average molecular weight is 416 g/mol. The van der Waals surface area contributed by atoms with E-state index in [1.54, 1.807) is 36.3 Å². The highest BCUT2D eigenvalue weighted by Gasteiger charge is 2.19. The van der Waals surface area contributed by atoms with Gasteiger partial charge in [0.25, 0.3) is 5.91 Å². The van der Waals surface area contributed by atoms with Crippen molar-refractivity contribution < 1.29 is 18.4 Å². The zero-order valence-electron chi connectivity index (χ0n) is 17.0. The number of aromatic nitrogens is 1. The molecule has 0 spiro atoms. The number of amides is 1. The Kier molecular flexibility index (Phi) is 6.08. The molecule has 0 bridgehead atoms. The van der Waals surface area contributed by atoms with Crippen molar-refractivity contribution in [3.05, 3.63) is 108 Å². The van der Waals surface area contributed by atoms with E-state index in [-0.39, 0.29) is 18.3 Å². The molecule has 0 unspecified atom stereocenters. The van der Waals surface area contributed by atoms with E-state index in [0.717, 1.165) is 16.9 Å². The van der Waals surface area contributed by atoms with Gasteiger partial charge >= 0.3 is 0 Å². The number of carbonyl (C=O) groups is 1. The Balaban J connectivity index is 1.57. The smallest absolute Gasteiger partial charge is 0.254 e. The lowest BCUT2D eigenvalue weighted by Gasteiger charge is -2.22. The Morgan fingerprint density at radius 3 is 2.35 bits per heavy atom. The molecule has 0 aliphatic heterocycles. The molecule has 0 radical (unpaired) electrons. The summed E-state index contributed by atoms with van der Waals surface area (Å²) in [5, 5.41) is 4.15. The van der Waals surface area contributed by atoms with Crippen LogP contribution in [0.15, 0.2) is 89.5 Å². The Morgan fingerprint density at radius 1 is 0.968 bits per heavy atom. The molecule has 1 heterocycles. The quantitative estimate of drug-likeness (QED) is 0.409. The summed E-state index contributed by atoms with van der Waals surface area (Å²) in [6, 6.07) is 24.4. The first-order valence-electron chi connectivity index (χ1n) is 9.81. The summed E-state index contributed by atoms with van der Waals surface area (Å²) in [6.45, 7) is 0.573. The largest absolute Gasteiger partial charge is 0.497 e. The molecule has 156 valence electrons. The third kappa shape index (κ3) is 4.98. The highest BCUT2D eigenvalue weighted by Crippen LogP contribution is 2.24. The van der Waals surface area contributed by atoms with Crippen molar-refractivity contribution in [3.8, 4) is 17.1 Å². The molecule has 1 amide bonds. The van der Waals surface area contributed by atoms with Gasteiger partial charge in [0.15, 0.2) is 5.76 Å². The minimum atomic E-state index is -0.315. The number of ether oxygens (including phenoxy) is 1. The van der Waals surface area contributed by atoms with Gasteiger partial charge in [-0.3, -0.25) is 4.79 Å². The molecule has 1 aromatic heterocycles. The van der Waals surface area contributed by atoms with E-state index in [9.17, 15) is 9.18 Å². The van der Waals surface area contributed by atoms with Crippen LogP contribution in [0.4, 0.5) is 4.39 Å². The molecule has 0 saturated carbocycles. The Labute approximate surface area is 179 Å². The predicted octanol–water partition coefficient (Wildman–Crippen LogP) is 5.33. The van der Waals surface area contributed by atoms with Crippen molar-refractivity contribution >= 4 is 5.91 Å². The van der Waals surface area contributed by atoms with Gasteiger partial charge in [-0.2, -0.15) is 0 Å². The first-order valence-corrected chi connectivity index (χ1v) is 9.81. The van der Waals surface area contributed by atoms with Crippen LogP contribution in [0.25, 0.3) is 11.3 Å². The molecular weight excluding hydrogens is 395 g/mol. The monoisotopic (exact) mass is 416 g/mol. The number of hydrogen-bond acceptors (Lipinski definition) is 4. The van der Waals surface area contributed by atoms with Crippen LogP contribution in [0.3, 0.4) is 0 Å². The Bertz CT molecular complexity index is 1140. The molecule has 5 nitrogen and oxygen atoms in total. The van der Waals surface area contributed by atoms with Crippen LogP contribution in [-0.4, -0.2) is 23.1 Å². The summed E-state index contributed by atoms with van der Waals surface area (Å²) in [7, 11) is 1.61. The number of rotatable bonds is 7. The SMILES string of the molecule is COc1ccc(-c2cc(CN(Cc3ccc(F)cc3)C(=O)c3ccccc3)no2)cc1. The zero-order valence-corrected chi connectivity index (χ0v) is 17.0. The predicted molar refractivity (Wildman–Crippen MR) is 115 cm³/mol. The standard InChI is InChI=1S/C25H21FN2O3/c1-30-23-13-9-19(10-14-23)24-15-22(27-31-24)17-28(16-18-7-11-21(26)12-8-18)25(29)20-5-3-2-4-6-20/h2-15H,16-17H2,1H3. The molecule has 0 atom stereocenters. The summed E-state index contributed by atoms with van der Waals surface area (Å²) < 4.78 is 24.0. The van der Waals surface area contributed by atoms with Crippen LogP contribution < -0.4 is 4.74 Å². The van der Waals surface area contributed by atoms with Crippen molar-refractivity contribution in [2.24, 2.45) is 0 Å². The van der Waals surface area contributed by atoms with E-state index in [0.29, 0.717) is 23.6 Å². The van der Waals surface area contributed by atoms with Crippen LogP contribution in [0.5, 0.6) is 5.75 Å². The minimum absolute atomic E-state index is 0.140. The molecular formula is C25H21FN2O3. The number of halogens is 1. The maximum Gasteiger partial charge on any atom is 0.254 e. The van der Waals surface area contributed by atoms with Gasteiger partial charge in [-0.05, 0) is 54.1 Å². The van der Waals surface area contributed by atoms with Crippen LogP contribution >= 0.6 is 0 Å². The lowest BCUT2D eigenvalue weighted by molar-refractivity contribution is 0.0726. The van der Waals surface area contributed by atoms with Gasteiger partial charge in [-0.25, -0.2) is 4.39 Å². The van der Waals surface area contributed by atoms with E-state index >= 15 is 0 Å². The highest BCUT2D eigenvalue weighted by atomic mass is 19.1. The highest BCUT2D eigenvalue weighted by molar-refractivity contribution is 5.94. The van der Waals surface area contributed by atoms with Gasteiger partial charge in [0.2, 0.25) is 0 Å². The molecule has 3 aromatic carbocycles. The fraction of sp³-hybridized carbons (Fsp3) is 0.120. The molecule has 0 saturated heterocycles. The van der Waals surface area contributed by atoms with Crippen molar-refractivity contribution in [3.63, 3.8) is 0 Å². The average Bonchev–Trinajstić information content (AvgIpc) is 3.29. The minimum Gasteiger partial charge on any atom is -0.497 e. The number of carbonyl (C=O) groups excluding carboxylic acids is 1. The fourth-order valence-corrected chi connectivity index (χ4v) is 3.25.